The minimum atomic E-state index is 0.476. The van der Waals surface area contributed by atoms with Crippen molar-refractivity contribution in [1.82, 2.24) is 20.2 Å². The normalized spacial score (nSPS) is 10.8. The topological polar surface area (TPSA) is 57.4 Å². The Morgan fingerprint density at radius 2 is 2.20 bits per heavy atom. The van der Waals surface area contributed by atoms with Gasteiger partial charge < -0.3 is 0 Å². The van der Waals surface area contributed by atoms with Gasteiger partial charge in [-0.3, -0.25) is 10.2 Å². The van der Waals surface area contributed by atoms with Gasteiger partial charge in [-0.1, -0.05) is 0 Å². The summed E-state index contributed by atoms with van der Waals surface area (Å²) in [4.78, 5) is 9.72. The fourth-order valence-corrected chi connectivity index (χ4v) is 3.08. The minimum Gasteiger partial charge on any atom is -0.281 e. The van der Waals surface area contributed by atoms with Crippen LogP contribution in [0.4, 0.5) is 0 Å². The van der Waals surface area contributed by atoms with Crippen LogP contribution in [0.2, 0.25) is 0 Å². The maximum absolute atomic E-state index is 4.92. The third-order valence-corrected chi connectivity index (χ3v) is 3.93. The fourth-order valence-electron chi connectivity index (χ4n) is 1.23. The van der Waals surface area contributed by atoms with Gasteiger partial charge in [0.1, 0.15) is 5.01 Å². The molecule has 4 nitrogen and oxygen atoms in total. The molecule has 0 amide bonds. The van der Waals surface area contributed by atoms with Gasteiger partial charge >= 0.3 is 0 Å². The molecule has 2 N–H and O–H groups in total. The molecule has 0 spiro atoms. The van der Waals surface area contributed by atoms with Crippen molar-refractivity contribution in [3.63, 3.8) is 0 Å². The standard InChI is InChI=1S/C8H10N4S3/c1-4-6(7-10-8(13)12-11-7)15-5(9-4)3-14-2/h3H2,1-2H3,(H2,10,11,12,13). The van der Waals surface area contributed by atoms with E-state index in [2.05, 4.69) is 26.4 Å². The quantitative estimate of drug-likeness (QED) is 0.831. The summed E-state index contributed by atoms with van der Waals surface area (Å²) in [5, 5.41) is 6.85. The molecule has 0 saturated carbocycles. The fraction of sp³-hybridized carbons (Fsp3) is 0.375. The van der Waals surface area contributed by atoms with Crippen molar-refractivity contribution in [3.8, 4) is 10.7 Å². The van der Waals surface area contributed by atoms with Gasteiger partial charge in [0.05, 0.1) is 10.6 Å². The Kier molecular flexibility index (Phi) is 3.22. The molecule has 0 unspecified atom stereocenters. The summed E-state index contributed by atoms with van der Waals surface area (Å²) in [5.41, 5.74) is 1.00. The Hall–Kier alpha value is -0.660. The molecule has 0 saturated heterocycles. The lowest BCUT2D eigenvalue weighted by Crippen LogP contribution is -1.80. The number of aryl methyl sites for hydroxylation is 1. The van der Waals surface area contributed by atoms with E-state index >= 15 is 0 Å². The zero-order valence-corrected chi connectivity index (χ0v) is 10.8. The number of rotatable bonds is 3. The summed E-state index contributed by atoms with van der Waals surface area (Å²) in [6.45, 7) is 1.99. The van der Waals surface area contributed by atoms with Crippen LogP contribution >= 0.6 is 35.3 Å². The summed E-state index contributed by atoms with van der Waals surface area (Å²) in [6, 6.07) is 0. The molecule has 0 fully saturated rings. The number of thiazole rings is 1. The van der Waals surface area contributed by atoms with E-state index in [-0.39, 0.29) is 0 Å². The van der Waals surface area contributed by atoms with E-state index in [0.717, 1.165) is 27.2 Å². The molecule has 0 atom stereocenters. The molecular weight excluding hydrogens is 248 g/mol. The van der Waals surface area contributed by atoms with Gasteiger partial charge in [-0.15, -0.1) is 11.3 Å². The van der Waals surface area contributed by atoms with Gasteiger partial charge in [-0.05, 0) is 25.4 Å². The second kappa shape index (κ2) is 4.46. The van der Waals surface area contributed by atoms with Crippen LogP contribution in [0.1, 0.15) is 10.7 Å². The van der Waals surface area contributed by atoms with Gasteiger partial charge in [0, 0.05) is 5.75 Å². The third-order valence-electron chi connectivity index (χ3n) is 1.82. The lowest BCUT2D eigenvalue weighted by atomic mass is 10.4. The first-order chi connectivity index (χ1) is 7.20. The Bertz CT molecular complexity index is 510. The van der Waals surface area contributed by atoms with Crippen molar-refractivity contribution in [2.45, 2.75) is 12.7 Å². The smallest absolute Gasteiger partial charge is 0.213 e. The number of H-pyrrole nitrogens is 2. The Labute approximate surface area is 101 Å². The lowest BCUT2D eigenvalue weighted by Gasteiger charge is -1.88. The van der Waals surface area contributed by atoms with Crippen molar-refractivity contribution < 1.29 is 0 Å². The predicted octanol–water partition coefficient (Wildman–Crippen LogP) is 2.76. The second-order valence-electron chi connectivity index (χ2n) is 2.97. The van der Waals surface area contributed by atoms with E-state index < -0.39 is 0 Å². The SMILES string of the molecule is CSCc1nc(C)c(-c2nc(=S)[nH][nH]2)s1. The third kappa shape index (κ3) is 2.30. The Morgan fingerprint density at radius 3 is 2.80 bits per heavy atom. The van der Waals surface area contributed by atoms with E-state index in [1.54, 1.807) is 23.1 Å². The average Bonchev–Trinajstić information content (AvgIpc) is 2.73. The highest BCUT2D eigenvalue weighted by molar-refractivity contribution is 7.97. The minimum absolute atomic E-state index is 0.476. The number of nitrogens with one attached hydrogen (secondary N) is 2. The molecule has 15 heavy (non-hydrogen) atoms. The molecular formula is C8H10N4S3. The number of aromatic amines is 2. The number of aromatic nitrogens is 4. The van der Waals surface area contributed by atoms with Gasteiger partial charge in [-0.2, -0.15) is 16.7 Å². The van der Waals surface area contributed by atoms with E-state index in [1.165, 1.54) is 0 Å². The van der Waals surface area contributed by atoms with Crippen LogP contribution in [0, 0.1) is 11.7 Å². The van der Waals surface area contributed by atoms with Crippen LogP contribution in [0.5, 0.6) is 0 Å². The van der Waals surface area contributed by atoms with Gasteiger partial charge in [0.2, 0.25) is 4.77 Å². The zero-order chi connectivity index (χ0) is 10.8. The first-order valence-corrected chi connectivity index (χ1v) is 6.93. The Morgan fingerprint density at radius 1 is 1.40 bits per heavy atom. The highest BCUT2D eigenvalue weighted by atomic mass is 32.2. The van der Waals surface area contributed by atoms with Gasteiger partial charge in [0.15, 0.2) is 5.82 Å². The second-order valence-corrected chi connectivity index (χ2v) is 5.31. The summed E-state index contributed by atoms with van der Waals surface area (Å²) >= 11 is 8.34. The number of hydrogen-bond donors (Lipinski definition) is 2. The van der Waals surface area contributed by atoms with Crippen LogP contribution in [0.3, 0.4) is 0 Å². The number of nitrogens with zero attached hydrogens (tertiary/aromatic N) is 2. The molecule has 2 aromatic heterocycles. The summed E-state index contributed by atoms with van der Waals surface area (Å²) < 4.78 is 0.476. The van der Waals surface area contributed by atoms with Crippen molar-refractivity contribution in [2.75, 3.05) is 6.26 Å². The van der Waals surface area contributed by atoms with Crippen LogP contribution in [0.15, 0.2) is 0 Å². The van der Waals surface area contributed by atoms with E-state index in [1.807, 2.05) is 6.92 Å². The molecule has 2 aromatic rings. The van der Waals surface area contributed by atoms with Crippen molar-refractivity contribution >= 4 is 35.3 Å². The number of thioether (sulfide) groups is 1. The van der Waals surface area contributed by atoms with E-state index in [4.69, 9.17) is 12.2 Å². The molecule has 0 aliphatic heterocycles. The van der Waals surface area contributed by atoms with Gasteiger partial charge in [-0.25, -0.2) is 4.98 Å². The van der Waals surface area contributed by atoms with E-state index in [9.17, 15) is 0 Å². The molecule has 0 aliphatic rings. The number of hydrogen-bond acceptors (Lipinski definition) is 5. The van der Waals surface area contributed by atoms with Gasteiger partial charge in [0.25, 0.3) is 0 Å². The van der Waals surface area contributed by atoms with Crippen molar-refractivity contribution in [1.29, 1.82) is 0 Å². The van der Waals surface area contributed by atoms with Crippen molar-refractivity contribution in [2.24, 2.45) is 0 Å². The zero-order valence-electron chi connectivity index (χ0n) is 8.33. The maximum atomic E-state index is 4.92. The maximum Gasteiger partial charge on any atom is 0.213 e. The highest BCUT2D eigenvalue weighted by Gasteiger charge is 2.11. The molecule has 0 bridgehead atoms. The van der Waals surface area contributed by atoms with Crippen LogP contribution in [0.25, 0.3) is 10.7 Å². The highest BCUT2D eigenvalue weighted by Crippen LogP contribution is 2.28. The molecule has 0 radical (unpaired) electrons. The first kappa shape index (κ1) is 10.8. The lowest BCUT2D eigenvalue weighted by molar-refractivity contribution is 1.08. The largest absolute Gasteiger partial charge is 0.281 e. The average molecular weight is 258 g/mol. The molecule has 2 heterocycles. The monoisotopic (exact) mass is 258 g/mol. The molecule has 0 aliphatic carbocycles. The van der Waals surface area contributed by atoms with Crippen molar-refractivity contribution in [3.05, 3.63) is 15.5 Å². The molecule has 80 valence electrons. The molecule has 2 rings (SSSR count). The summed E-state index contributed by atoms with van der Waals surface area (Å²) in [5.74, 6) is 1.72. The predicted molar refractivity (Wildman–Crippen MR) is 66.8 cm³/mol. The van der Waals surface area contributed by atoms with E-state index in [0.29, 0.717) is 4.77 Å². The Balaban J connectivity index is 2.40. The van der Waals surface area contributed by atoms with Crippen LogP contribution < -0.4 is 0 Å². The van der Waals surface area contributed by atoms with Crippen LogP contribution in [-0.2, 0) is 5.75 Å². The first-order valence-electron chi connectivity index (χ1n) is 4.31. The molecule has 7 heteroatoms. The summed E-state index contributed by atoms with van der Waals surface area (Å²) in [7, 11) is 0. The summed E-state index contributed by atoms with van der Waals surface area (Å²) in [6.07, 6.45) is 2.07. The molecule has 0 aromatic carbocycles. The van der Waals surface area contributed by atoms with Crippen LogP contribution in [-0.4, -0.2) is 26.4 Å².